The largest absolute Gasteiger partial charge is 0.726 e. The molecule has 6 nitrogen and oxygen atoms in total. The summed E-state index contributed by atoms with van der Waals surface area (Å²) in [6.07, 6.45) is -4.33. The smallest absolute Gasteiger partial charge is 0.495 e. The number of aromatic nitrogens is 2. The molecule has 1 aromatic carbocycles. The molecule has 10 heteroatoms. The lowest BCUT2D eigenvalue weighted by atomic mass is 10.3. The second-order valence-electron chi connectivity index (χ2n) is 4.19. The summed E-state index contributed by atoms with van der Waals surface area (Å²) in [5.41, 5.74) is 1.21. The number of imidazole rings is 1. The van der Waals surface area contributed by atoms with E-state index in [0.717, 1.165) is 7.11 Å². The zero-order valence-electron chi connectivity index (χ0n) is 12.1. The molecule has 0 atom stereocenters. The molecule has 0 aliphatic rings. The Morgan fingerprint density at radius 1 is 1.30 bits per heavy atom. The van der Waals surface area contributed by atoms with Gasteiger partial charge in [0.05, 0.1) is 20.7 Å². The van der Waals surface area contributed by atoms with Crippen LogP contribution in [0, 0.1) is 0 Å². The van der Waals surface area contributed by atoms with Crippen molar-refractivity contribution in [1.29, 1.82) is 0 Å². The molecule has 0 aliphatic carbocycles. The molecule has 132 valence electrons. The number of rotatable bonds is 2. The Kier molecular flexibility index (Phi) is 7.20. The number of halogens is 3. The summed E-state index contributed by atoms with van der Waals surface area (Å²) >= 11 is 0. The number of hydrogen-bond donors (Lipinski definition) is 0. The average molecular weight is 356 g/mol. The molecule has 0 unspecified atom stereocenters. The first-order chi connectivity index (χ1) is 10.0. The molecule has 0 aliphatic heterocycles. The van der Waals surface area contributed by atoms with Gasteiger partial charge in [0.25, 0.3) is 0 Å². The van der Waals surface area contributed by atoms with Gasteiger partial charge in [-0.05, 0) is 19.1 Å². The van der Waals surface area contributed by atoms with E-state index in [1.54, 1.807) is 31.2 Å². The molecular formula is C13H19F3N2O4S. The Morgan fingerprint density at radius 2 is 1.78 bits per heavy atom. The third kappa shape index (κ3) is 5.19. The van der Waals surface area contributed by atoms with Crippen molar-refractivity contribution < 1.29 is 34.9 Å². The lowest BCUT2D eigenvalue weighted by molar-refractivity contribution is -0.667. The number of para-hydroxylation sites is 2. The Morgan fingerprint density at radius 3 is 2.17 bits per heavy atom. The SMILES string of the molecule is C.CCn1c(C(F)(F)F)[n+](C)c2ccccc21.COS(=O)(=O)[O-]. The minimum atomic E-state index is -4.41. The van der Waals surface area contributed by atoms with Gasteiger partial charge in [0.1, 0.15) is 0 Å². The monoisotopic (exact) mass is 356 g/mol. The maximum absolute atomic E-state index is 12.9. The van der Waals surface area contributed by atoms with Crippen LogP contribution in [0.25, 0.3) is 11.0 Å². The Bertz CT molecular complexity index is 754. The standard InChI is InChI=1S/C11H12F3N2.CH4O4S.CH4/c1-3-16-9-7-5-4-6-8(9)15(2)10(16)11(12,13)14;1-5-6(2,3)4;/h4-7H,3H2,1-2H3;1H3,(H,2,3,4);1H4/q+1;;/p-1. The summed E-state index contributed by atoms with van der Waals surface area (Å²) in [6.45, 7) is 2.01. The van der Waals surface area contributed by atoms with Crippen LogP contribution in [0.2, 0.25) is 0 Å². The molecule has 0 saturated heterocycles. The molecule has 0 saturated carbocycles. The van der Waals surface area contributed by atoms with Gasteiger partial charge in [-0.2, -0.15) is 13.2 Å². The molecule has 0 radical (unpaired) electrons. The van der Waals surface area contributed by atoms with E-state index in [9.17, 15) is 26.1 Å². The number of hydrogen-bond acceptors (Lipinski definition) is 4. The summed E-state index contributed by atoms with van der Waals surface area (Å²) in [4.78, 5) is 0. The first-order valence-corrected chi connectivity index (χ1v) is 7.42. The minimum Gasteiger partial charge on any atom is -0.726 e. The van der Waals surface area contributed by atoms with E-state index in [-0.39, 0.29) is 7.43 Å². The van der Waals surface area contributed by atoms with Gasteiger partial charge < -0.3 is 4.55 Å². The van der Waals surface area contributed by atoms with Crippen LogP contribution in [0.4, 0.5) is 13.2 Å². The van der Waals surface area contributed by atoms with Crippen molar-refractivity contribution >= 4 is 21.4 Å². The predicted octanol–water partition coefficient (Wildman–Crippen LogP) is 2.23. The number of benzene rings is 1. The van der Waals surface area contributed by atoms with Crippen LogP contribution in [-0.4, -0.2) is 24.6 Å². The summed E-state index contributed by atoms with van der Waals surface area (Å²) in [5, 5.41) is 0. The Hall–Kier alpha value is -1.65. The van der Waals surface area contributed by atoms with Crippen molar-refractivity contribution in [2.75, 3.05) is 7.11 Å². The van der Waals surface area contributed by atoms with Crippen LogP contribution in [0.3, 0.4) is 0 Å². The predicted molar refractivity (Wildman–Crippen MR) is 77.2 cm³/mol. The number of fused-ring (bicyclic) bond motifs is 1. The summed E-state index contributed by atoms with van der Waals surface area (Å²) in [7, 11) is -2.16. The van der Waals surface area contributed by atoms with Crippen molar-refractivity contribution in [3.05, 3.63) is 30.1 Å². The van der Waals surface area contributed by atoms with Crippen molar-refractivity contribution in [1.82, 2.24) is 4.57 Å². The van der Waals surface area contributed by atoms with E-state index in [4.69, 9.17) is 0 Å². The fourth-order valence-corrected chi connectivity index (χ4v) is 2.05. The molecule has 1 aromatic heterocycles. The quantitative estimate of drug-likeness (QED) is 0.470. The van der Waals surface area contributed by atoms with Crippen LogP contribution >= 0.6 is 0 Å². The summed E-state index contributed by atoms with van der Waals surface area (Å²) in [5.74, 6) is -0.615. The van der Waals surface area contributed by atoms with Crippen LogP contribution in [0.5, 0.6) is 0 Å². The highest BCUT2D eigenvalue weighted by molar-refractivity contribution is 7.80. The first kappa shape index (κ1) is 21.4. The molecular weight excluding hydrogens is 337 g/mol. The van der Waals surface area contributed by atoms with Crippen LogP contribution in [0.15, 0.2) is 24.3 Å². The van der Waals surface area contributed by atoms with E-state index in [1.165, 1.54) is 16.2 Å². The van der Waals surface area contributed by atoms with Gasteiger partial charge in [-0.15, -0.1) is 0 Å². The summed E-state index contributed by atoms with van der Waals surface area (Å²) in [6, 6.07) is 6.88. The third-order valence-corrected chi connectivity index (χ3v) is 3.29. The zero-order chi connectivity index (χ0) is 17.1. The van der Waals surface area contributed by atoms with Gasteiger partial charge in [-0.3, -0.25) is 4.18 Å². The van der Waals surface area contributed by atoms with Crippen LogP contribution in [-0.2, 0) is 34.4 Å². The van der Waals surface area contributed by atoms with E-state index in [0.29, 0.717) is 17.6 Å². The van der Waals surface area contributed by atoms with Crippen LogP contribution in [0.1, 0.15) is 20.2 Å². The highest BCUT2D eigenvalue weighted by Gasteiger charge is 2.45. The third-order valence-electron chi connectivity index (χ3n) is 2.88. The van der Waals surface area contributed by atoms with Gasteiger partial charge in [-0.1, -0.05) is 19.6 Å². The van der Waals surface area contributed by atoms with Crippen molar-refractivity contribution in [3.63, 3.8) is 0 Å². The van der Waals surface area contributed by atoms with E-state index in [2.05, 4.69) is 4.18 Å². The fourth-order valence-electron chi connectivity index (χ4n) is 2.05. The van der Waals surface area contributed by atoms with Crippen molar-refractivity contribution in [2.24, 2.45) is 7.05 Å². The summed E-state index contributed by atoms with van der Waals surface area (Å²) < 4.78 is 72.2. The molecule has 0 N–H and O–H groups in total. The van der Waals surface area contributed by atoms with Crippen molar-refractivity contribution in [2.45, 2.75) is 27.1 Å². The van der Waals surface area contributed by atoms with Crippen LogP contribution < -0.4 is 4.57 Å². The highest BCUT2D eigenvalue weighted by atomic mass is 32.3. The fraction of sp³-hybridized carbons (Fsp3) is 0.462. The van der Waals surface area contributed by atoms with Gasteiger partial charge in [0, 0.05) is 0 Å². The first-order valence-electron chi connectivity index (χ1n) is 6.08. The molecule has 2 rings (SSSR count). The molecule has 23 heavy (non-hydrogen) atoms. The number of aryl methyl sites for hydroxylation is 2. The molecule has 2 aromatic rings. The van der Waals surface area contributed by atoms with Crippen molar-refractivity contribution in [3.8, 4) is 0 Å². The average Bonchev–Trinajstić information content (AvgIpc) is 2.72. The van der Waals surface area contributed by atoms with E-state index in [1.807, 2.05) is 0 Å². The van der Waals surface area contributed by atoms with Gasteiger partial charge in [0.2, 0.25) is 10.4 Å². The van der Waals surface area contributed by atoms with Gasteiger partial charge >= 0.3 is 12.0 Å². The van der Waals surface area contributed by atoms with Gasteiger partial charge in [-0.25, -0.2) is 17.6 Å². The molecule has 0 bridgehead atoms. The highest BCUT2D eigenvalue weighted by Crippen LogP contribution is 2.29. The Balaban J connectivity index is 0.000000599. The van der Waals surface area contributed by atoms with Gasteiger partial charge in [0.15, 0.2) is 11.0 Å². The lowest BCUT2D eigenvalue weighted by Crippen LogP contribution is -2.38. The van der Waals surface area contributed by atoms with E-state index >= 15 is 0 Å². The normalized spacial score (nSPS) is 11.6. The lowest BCUT2D eigenvalue weighted by Gasteiger charge is -2.03. The topological polar surface area (TPSA) is 75.2 Å². The number of alkyl halides is 3. The second kappa shape index (κ2) is 7.75. The maximum atomic E-state index is 12.9. The molecule has 0 spiro atoms. The number of nitrogens with zero attached hydrogens (tertiary/aromatic N) is 2. The molecule has 0 fully saturated rings. The molecule has 0 amide bonds. The molecule has 1 heterocycles. The zero-order valence-corrected chi connectivity index (χ0v) is 12.9. The second-order valence-corrected chi connectivity index (χ2v) is 5.34. The Labute approximate surface area is 133 Å². The maximum Gasteiger partial charge on any atom is 0.495 e. The van der Waals surface area contributed by atoms with E-state index < -0.39 is 22.4 Å². The minimum absolute atomic E-state index is 0.